The second kappa shape index (κ2) is 7.80. The van der Waals surface area contributed by atoms with Crippen LogP contribution in [0, 0.1) is 0 Å². The molecule has 0 saturated heterocycles. The van der Waals surface area contributed by atoms with Crippen LogP contribution in [0.1, 0.15) is 46.5 Å². The molecule has 7 nitrogen and oxygen atoms in total. The van der Waals surface area contributed by atoms with Crippen LogP contribution in [0.5, 0.6) is 0 Å². The van der Waals surface area contributed by atoms with Crippen LogP contribution < -0.4 is 14.8 Å². The van der Waals surface area contributed by atoms with Gasteiger partial charge in [0.05, 0.1) is 6.10 Å². The molecule has 0 atom stereocenters. The third-order valence-electron chi connectivity index (χ3n) is 3.10. The summed E-state index contributed by atoms with van der Waals surface area (Å²) in [5.41, 5.74) is 0. The molecule has 8 heteroatoms. The van der Waals surface area contributed by atoms with Gasteiger partial charge in [-0.2, -0.15) is 13.1 Å². The van der Waals surface area contributed by atoms with Gasteiger partial charge >= 0.3 is 16.3 Å². The number of hydrogen-bond donors (Lipinski definition) is 3. The Hall–Kier alpha value is -0.860. The first kappa shape index (κ1) is 17.2. The normalized spacial score (nSPS) is 23.6. The molecule has 1 rings (SSSR count). The van der Waals surface area contributed by atoms with Crippen LogP contribution in [0.4, 0.5) is 4.79 Å². The molecule has 118 valence electrons. The summed E-state index contributed by atoms with van der Waals surface area (Å²) in [5.74, 6) is 0. The molecular formula is C12H25N3O4S. The molecule has 0 aromatic carbocycles. The first-order valence-electron chi connectivity index (χ1n) is 7.06. The van der Waals surface area contributed by atoms with Crippen molar-refractivity contribution in [1.29, 1.82) is 0 Å². The fourth-order valence-electron chi connectivity index (χ4n) is 2.30. The number of hydrogen-bond acceptors (Lipinski definition) is 5. The predicted molar refractivity (Wildman–Crippen MR) is 76.5 cm³/mol. The second-order valence-corrected chi connectivity index (χ2v) is 6.73. The van der Waals surface area contributed by atoms with E-state index in [4.69, 9.17) is 4.74 Å². The van der Waals surface area contributed by atoms with Gasteiger partial charge in [-0.3, -0.25) is 0 Å². The topological polar surface area (TPSA) is 96.5 Å². The van der Waals surface area contributed by atoms with Crippen molar-refractivity contribution < 1.29 is 17.9 Å². The third-order valence-corrected chi connectivity index (χ3v) is 4.18. The number of carbonyl (C=O) groups is 1. The van der Waals surface area contributed by atoms with E-state index in [1.165, 1.54) is 0 Å². The minimum absolute atomic E-state index is 0.130. The van der Waals surface area contributed by atoms with Gasteiger partial charge in [-0.15, -0.1) is 0 Å². The van der Waals surface area contributed by atoms with Crippen molar-refractivity contribution in [3.8, 4) is 0 Å². The molecule has 1 saturated carbocycles. The molecule has 0 radical (unpaired) electrons. The van der Waals surface area contributed by atoms with Crippen molar-refractivity contribution in [3.63, 3.8) is 0 Å². The first-order valence-corrected chi connectivity index (χ1v) is 8.54. The second-order valence-electron chi connectivity index (χ2n) is 5.28. The van der Waals surface area contributed by atoms with Crippen LogP contribution in [-0.4, -0.2) is 39.2 Å². The molecule has 1 fully saturated rings. The molecule has 0 aromatic heterocycles. The lowest BCUT2D eigenvalue weighted by Gasteiger charge is -2.29. The molecule has 0 aromatic rings. The molecule has 1 aliphatic carbocycles. The van der Waals surface area contributed by atoms with Gasteiger partial charge < -0.3 is 10.1 Å². The largest absolute Gasteiger partial charge is 0.446 e. The average molecular weight is 307 g/mol. The summed E-state index contributed by atoms with van der Waals surface area (Å²) >= 11 is 0. The van der Waals surface area contributed by atoms with Gasteiger partial charge in [0.1, 0.15) is 0 Å². The number of ether oxygens (including phenoxy) is 1. The van der Waals surface area contributed by atoms with Gasteiger partial charge in [-0.1, -0.05) is 6.92 Å². The highest BCUT2D eigenvalue weighted by molar-refractivity contribution is 7.88. The SMILES string of the molecule is CCNC1CCC(NS(=O)(=O)NC(=O)OC(C)C)CC1. The Bertz CT molecular complexity index is 403. The zero-order valence-electron chi connectivity index (χ0n) is 12.3. The molecular weight excluding hydrogens is 282 g/mol. The summed E-state index contributed by atoms with van der Waals surface area (Å²) in [6, 6.07) is 0.328. The molecule has 0 unspecified atom stereocenters. The molecule has 1 aliphatic rings. The maximum atomic E-state index is 11.8. The minimum Gasteiger partial charge on any atom is -0.446 e. The monoisotopic (exact) mass is 307 g/mol. The Morgan fingerprint density at radius 3 is 2.25 bits per heavy atom. The Morgan fingerprint density at radius 2 is 1.75 bits per heavy atom. The van der Waals surface area contributed by atoms with E-state index in [0.717, 1.165) is 32.2 Å². The van der Waals surface area contributed by atoms with Crippen LogP contribution in [0.2, 0.25) is 0 Å². The summed E-state index contributed by atoms with van der Waals surface area (Å²) in [7, 11) is -3.85. The van der Waals surface area contributed by atoms with E-state index in [2.05, 4.69) is 17.0 Å². The lowest BCUT2D eigenvalue weighted by Crippen LogP contribution is -2.48. The summed E-state index contributed by atoms with van der Waals surface area (Å²) in [4.78, 5) is 11.3. The molecule has 0 spiro atoms. The highest BCUT2D eigenvalue weighted by Gasteiger charge is 2.25. The van der Waals surface area contributed by atoms with E-state index in [0.29, 0.717) is 6.04 Å². The summed E-state index contributed by atoms with van der Waals surface area (Å²) in [6.45, 7) is 6.28. The molecule has 1 amide bonds. The van der Waals surface area contributed by atoms with E-state index < -0.39 is 16.3 Å². The quantitative estimate of drug-likeness (QED) is 0.677. The highest BCUT2D eigenvalue weighted by Crippen LogP contribution is 2.18. The fraction of sp³-hybridized carbons (Fsp3) is 0.917. The number of nitrogens with one attached hydrogen (secondary N) is 3. The molecule has 3 N–H and O–H groups in total. The third kappa shape index (κ3) is 6.53. The van der Waals surface area contributed by atoms with Crippen molar-refractivity contribution in [1.82, 2.24) is 14.8 Å². The van der Waals surface area contributed by atoms with Gasteiger partial charge in [0.15, 0.2) is 0 Å². The Balaban J connectivity index is 2.38. The van der Waals surface area contributed by atoms with Crippen LogP contribution in [-0.2, 0) is 14.9 Å². The molecule has 0 heterocycles. The maximum Gasteiger partial charge on any atom is 0.422 e. The lowest BCUT2D eigenvalue weighted by molar-refractivity contribution is 0.121. The van der Waals surface area contributed by atoms with E-state index in [1.807, 2.05) is 4.72 Å². The van der Waals surface area contributed by atoms with Crippen LogP contribution in [0.15, 0.2) is 0 Å². The highest BCUT2D eigenvalue weighted by atomic mass is 32.2. The summed E-state index contributed by atoms with van der Waals surface area (Å²) < 4.78 is 32.6. The van der Waals surface area contributed by atoms with Gasteiger partial charge in [0, 0.05) is 12.1 Å². The van der Waals surface area contributed by atoms with Crippen LogP contribution in [0.25, 0.3) is 0 Å². The zero-order chi connectivity index (χ0) is 15.2. The van der Waals surface area contributed by atoms with Crippen molar-refractivity contribution in [2.75, 3.05) is 6.54 Å². The zero-order valence-corrected chi connectivity index (χ0v) is 13.1. The predicted octanol–water partition coefficient (Wildman–Crippen LogP) is 0.876. The minimum atomic E-state index is -3.85. The van der Waals surface area contributed by atoms with Gasteiger partial charge in [0.2, 0.25) is 0 Å². The molecule has 0 aliphatic heterocycles. The van der Waals surface area contributed by atoms with Gasteiger partial charge in [-0.05, 0) is 46.1 Å². The molecule has 20 heavy (non-hydrogen) atoms. The summed E-state index contributed by atoms with van der Waals surface area (Å²) in [5, 5.41) is 3.35. The lowest BCUT2D eigenvalue weighted by atomic mass is 9.92. The number of amides is 1. The van der Waals surface area contributed by atoms with E-state index >= 15 is 0 Å². The Morgan fingerprint density at radius 1 is 1.20 bits per heavy atom. The van der Waals surface area contributed by atoms with Crippen molar-refractivity contribution in [3.05, 3.63) is 0 Å². The van der Waals surface area contributed by atoms with Crippen LogP contribution in [0.3, 0.4) is 0 Å². The number of carbonyl (C=O) groups excluding carboxylic acids is 1. The van der Waals surface area contributed by atoms with Gasteiger partial charge in [0.25, 0.3) is 0 Å². The fourth-order valence-corrected chi connectivity index (χ4v) is 3.30. The van der Waals surface area contributed by atoms with E-state index in [1.54, 1.807) is 13.8 Å². The Labute approximate surface area is 121 Å². The summed E-state index contributed by atoms with van der Waals surface area (Å²) in [6.07, 6.45) is 2.07. The van der Waals surface area contributed by atoms with E-state index in [-0.39, 0.29) is 12.1 Å². The number of rotatable bonds is 6. The van der Waals surface area contributed by atoms with Gasteiger partial charge in [-0.25, -0.2) is 9.52 Å². The van der Waals surface area contributed by atoms with Crippen molar-refractivity contribution in [2.45, 2.75) is 64.6 Å². The molecule has 0 bridgehead atoms. The maximum absolute atomic E-state index is 11.8. The first-order chi connectivity index (χ1) is 9.32. The Kier molecular flexibility index (Phi) is 6.70. The van der Waals surface area contributed by atoms with E-state index in [9.17, 15) is 13.2 Å². The van der Waals surface area contributed by atoms with Crippen molar-refractivity contribution in [2.24, 2.45) is 0 Å². The smallest absolute Gasteiger partial charge is 0.422 e. The average Bonchev–Trinajstić information content (AvgIpc) is 2.29. The van der Waals surface area contributed by atoms with Crippen molar-refractivity contribution >= 4 is 16.3 Å². The standard InChI is InChI=1S/C12H25N3O4S/c1-4-13-10-5-7-11(8-6-10)14-20(17,18)15-12(16)19-9(2)3/h9-11,13-14H,4-8H2,1-3H3,(H,15,16). The van der Waals surface area contributed by atoms with Crippen LogP contribution >= 0.6 is 0 Å².